The van der Waals surface area contributed by atoms with Crippen LogP contribution in [0.1, 0.15) is 72.3 Å². The third kappa shape index (κ3) is 8.79. The summed E-state index contributed by atoms with van der Waals surface area (Å²) in [6.07, 6.45) is 1.99. The molecule has 2 aliphatic rings. The molecule has 0 unspecified atom stereocenters. The van der Waals surface area contributed by atoms with Crippen molar-refractivity contribution in [1.82, 2.24) is 20.9 Å². The number of nitrogens with zero attached hydrogens (tertiary/aromatic N) is 1. The molecule has 4 N–H and O–H groups in total. The van der Waals surface area contributed by atoms with Crippen LogP contribution in [0.3, 0.4) is 0 Å². The number of fused-ring (bicyclic) bond motifs is 1. The molecule has 1 heterocycles. The molecule has 3 rings (SSSR count). The first-order chi connectivity index (χ1) is 20.8. The van der Waals surface area contributed by atoms with Gasteiger partial charge in [-0.05, 0) is 56.4 Å². The number of aliphatic carboxylic acids is 1. The van der Waals surface area contributed by atoms with E-state index in [-0.39, 0.29) is 36.7 Å². The van der Waals surface area contributed by atoms with E-state index in [2.05, 4.69) is 16.0 Å². The third-order valence-electron chi connectivity index (χ3n) is 8.31. The van der Waals surface area contributed by atoms with E-state index in [1.54, 1.807) is 65.0 Å². The van der Waals surface area contributed by atoms with Crippen LogP contribution >= 0.6 is 0 Å². The van der Waals surface area contributed by atoms with E-state index in [9.17, 15) is 33.9 Å². The van der Waals surface area contributed by atoms with Gasteiger partial charge in [0.15, 0.2) is 0 Å². The van der Waals surface area contributed by atoms with E-state index in [4.69, 9.17) is 4.74 Å². The van der Waals surface area contributed by atoms with Gasteiger partial charge in [-0.2, -0.15) is 0 Å². The quantitative estimate of drug-likeness (QED) is 0.232. The van der Waals surface area contributed by atoms with Crippen molar-refractivity contribution in [1.29, 1.82) is 0 Å². The lowest BCUT2D eigenvalue weighted by atomic mass is 9.92. The minimum atomic E-state index is -1.34. The summed E-state index contributed by atoms with van der Waals surface area (Å²) in [4.78, 5) is 79.7. The molecule has 1 aromatic rings. The number of carboxylic acid groups (broad SMARTS) is 1. The maximum Gasteiger partial charge on any atom is 0.408 e. The van der Waals surface area contributed by atoms with Crippen molar-refractivity contribution in [3.63, 3.8) is 0 Å². The van der Waals surface area contributed by atoms with Gasteiger partial charge in [0.25, 0.3) is 5.91 Å². The maximum absolute atomic E-state index is 13.9. The summed E-state index contributed by atoms with van der Waals surface area (Å²) in [5.74, 6) is -4.60. The molecule has 4 amide bonds. The lowest BCUT2D eigenvalue weighted by molar-refractivity contribution is -0.146. The summed E-state index contributed by atoms with van der Waals surface area (Å²) < 4.78 is 5.18. The topological polar surface area (TPSA) is 171 Å². The molecule has 1 aliphatic carbocycles. The van der Waals surface area contributed by atoms with Crippen LogP contribution < -0.4 is 16.0 Å². The predicted octanol–water partition coefficient (Wildman–Crippen LogP) is 2.44. The maximum atomic E-state index is 13.9. The highest BCUT2D eigenvalue weighted by molar-refractivity contribution is 6.38. The number of ketones is 1. The van der Waals surface area contributed by atoms with E-state index in [0.717, 1.165) is 19.3 Å². The van der Waals surface area contributed by atoms with Gasteiger partial charge < -0.3 is 30.7 Å². The normalized spacial score (nSPS) is 21.2. The number of nitrogens with one attached hydrogen (secondary N) is 3. The number of likely N-dealkylation sites (tertiary alicyclic amines) is 1. The van der Waals surface area contributed by atoms with Crippen LogP contribution in [-0.4, -0.2) is 82.4 Å². The number of hydrogen-bond acceptors (Lipinski definition) is 7. The molecule has 1 saturated carbocycles. The Morgan fingerprint density at radius 1 is 0.955 bits per heavy atom. The summed E-state index contributed by atoms with van der Waals surface area (Å²) in [6, 6.07) is 4.39. The van der Waals surface area contributed by atoms with Crippen molar-refractivity contribution < 1.29 is 38.6 Å². The molecule has 2 fully saturated rings. The van der Waals surface area contributed by atoms with Gasteiger partial charge in [0.1, 0.15) is 18.1 Å². The van der Waals surface area contributed by atoms with Crippen molar-refractivity contribution >= 4 is 35.6 Å². The minimum Gasteiger partial charge on any atom is -0.480 e. The summed E-state index contributed by atoms with van der Waals surface area (Å²) in [5.41, 5.74) is 0.676. The first-order valence-electron chi connectivity index (χ1n) is 15.5. The van der Waals surface area contributed by atoms with Gasteiger partial charge in [-0.1, -0.05) is 63.9 Å². The van der Waals surface area contributed by atoms with Gasteiger partial charge in [0.2, 0.25) is 17.6 Å². The fourth-order valence-corrected chi connectivity index (χ4v) is 6.19. The Hall–Kier alpha value is -3.96. The molecule has 0 radical (unpaired) electrons. The van der Waals surface area contributed by atoms with Crippen molar-refractivity contribution in [2.24, 2.45) is 17.8 Å². The Morgan fingerprint density at radius 2 is 1.64 bits per heavy atom. The van der Waals surface area contributed by atoms with Crippen LogP contribution in [0, 0.1) is 17.8 Å². The lowest BCUT2D eigenvalue weighted by Gasteiger charge is -2.32. The highest BCUT2D eigenvalue weighted by atomic mass is 16.6. The summed E-state index contributed by atoms with van der Waals surface area (Å²) >= 11 is 0. The zero-order valence-corrected chi connectivity index (χ0v) is 26.2. The first kappa shape index (κ1) is 34.5. The number of alkyl carbamates (subject to hydrolysis) is 1. The minimum absolute atomic E-state index is 0.0159. The second-order valence-electron chi connectivity index (χ2n) is 12.4. The van der Waals surface area contributed by atoms with Crippen molar-refractivity contribution in [2.45, 2.75) is 103 Å². The molecule has 0 bridgehead atoms. The summed E-state index contributed by atoms with van der Waals surface area (Å²) in [7, 11) is 0. The Kier molecular flexibility index (Phi) is 12.3. The molecule has 1 saturated heterocycles. The second-order valence-corrected chi connectivity index (χ2v) is 12.4. The molecule has 6 atom stereocenters. The standard InChI is InChI=1S/C32H46N4O8/c1-6-11-23(27(37)29(39)34-24(31(41)42)16-20-12-8-7-9-13-20)33-28(38)26-22-15-10-14-21(22)17-36(26)30(40)25(18(2)3)35-32(43)44-19(4)5/h7-9,12-13,18-19,21-26H,6,10-11,14-17H2,1-5H3,(H,33,38)(H,34,39)(H,35,43)(H,41,42)/t21-,22-,23+,24-,25-,26-/m0/s1. The zero-order chi connectivity index (χ0) is 32.6. The molecule has 12 nitrogen and oxygen atoms in total. The average Bonchev–Trinajstić information content (AvgIpc) is 3.56. The number of benzene rings is 1. The Labute approximate surface area is 258 Å². The number of Topliss-reactive ketones (excluding diaryl/α,β-unsaturated/α-hetero) is 1. The SMILES string of the molecule is CCC[C@@H](NC(=O)[C@@H]1[C@H]2CCC[C@H]2CN1C(=O)[C@@H](NC(=O)OC(C)C)C(C)C)C(=O)C(=O)N[C@@H](Cc1ccccc1)C(=O)O. The number of amides is 4. The molecule has 1 aliphatic heterocycles. The van der Waals surface area contributed by atoms with E-state index >= 15 is 0 Å². The van der Waals surface area contributed by atoms with Gasteiger partial charge in [-0.3, -0.25) is 19.2 Å². The molecular formula is C32H46N4O8. The fourth-order valence-electron chi connectivity index (χ4n) is 6.19. The number of ether oxygens (including phenoxy) is 1. The molecule has 1 aromatic carbocycles. The van der Waals surface area contributed by atoms with Crippen molar-refractivity contribution in [2.75, 3.05) is 6.54 Å². The molecule has 242 valence electrons. The Bertz CT molecular complexity index is 1200. The van der Waals surface area contributed by atoms with Crippen LogP contribution in [0.2, 0.25) is 0 Å². The molecule has 12 heteroatoms. The molecule has 0 aromatic heterocycles. The molecular weight excluding hydrogens is 568 g/mol. The zero-order valence-electron chi connectivity index (χ0n) is 26.2. The monoisotopic (exact) mass is 614 g/mol. The van der Waals surface area contributed by atoms with E-state index in [1.807, 2.05) is 0 Å². The highest BCUT2D eigenvalue weighted by Crippen LogP contribution is 2.42. The van der Waals surface area contributed by atoms with Crippen LogP contribution in [0.25, 0.3) is 0 Å². The van der Waals surface area contributed by atoms with Gasteiger partial charge in [0.05, 0.1) is 12.1 Å². The summed E-state index contributed by atoms with van der Waals surface area (Å²) in [5, 5.41) is 17.4. The van der Waals surface area contributed by atoms with E-state index in [1.165, 1.54) is 4.90 Å². The van der Waals surface area contributed by atoms with E-state index in [0.29, 0.717) is 18.5 Å². The van der Waals surface area contributed by atoms with Gasteiger partial charge in [0, 0.05) is 13.0 Å². The Balaban J connectivity index is 1.77. The highest BCUT2D eigenvalue weighted by Gasteiger charge is 2.51. The average molecular weight is 615 g/mol. The lowest BCUT2D eigenvalue weighted by Crippen LogP contribution is -2.59. The molecule has 44 heavy (non-hydrogen) atoms. The van der Waals surface area contributed by atoms with Gasteiger partial charge in [-0.15, -0.1) is 0 Å². The van der Waals surface area contributed by atoms with E-state index < -0.39 is 59.7 Å². The van der Waals surface area contributed by atoms with Gasteiger partial charge in [-0.25, -0.2) is 9.59 Å². The smallest absolute Gasteiger partial charge is 0.408 e. The number of rotatable bonds is 14. The second kappa shape index (κ2) is 15.7. The largest absolute Gasteiger partial charge is 0.480 e. The first-order valence-corrected chi connectivity index (χ1v) is 15.5. The number of hydrogen-bond donors (Lipinski definition) is 4. The van der Waals surface area contributed by atoms with Crippen LogP contribution in [-0.2, 0) is 35.1 Å². The van der Waals surface area contributed by atoms with Crippen molar-refractivity contribution in [3.8, 4) is 0 Å². The van der Waals surface area contributed by atoms with Crippen LogP contribution in [0.15, 0.2) is 30.3 Å². The fraction of sp³-hybridized carbons (Fsp3) is 0.625. The molecule has 0 spiro atoms. The number of carbonyl (C=O) groups excluding carboxylic acids is 5. The predicted molar refractivity (Wildman–Crippen MR) is 161 cm³/mol. The number of carbonyl (C=O) groups is 6. The van der Waals surface area contributed by atoms with Crippen LogP contribution in [0.4, 0.5) is 4.79 Å². The number of carboxylic acids is 1. The van der Waals surface area contributed by atoms with Gasteiger partial charge >= 0.3 is 12.1 Å². The van der Waals surface area contributed by atoms with Crippen LogP contribution in [0.5, 0.6) is 0 Å². The third-order valence-corrected chi connectivity index (χ3v) is 8.31. The Morgan fingerprint density at radius 3 is 2.23 bits per heavy atom. The summed E-state index contributed by atoms with van der Waals surface area (Å²) in [6.45, 7) is 9.13. The van der Waals surface area contributed by atoms with Crippen molar-refractivity contribution in [3.05, 3.63) is 35.9 Å².